The van der Waals surface area contributed by atoms with Crippen LogP contribution in [0.1, 0.15) is 35.0 Å². The van der Waals surface area contributed by atoms with Gasteiger partial charge in [0.2, 0.25) is 5.88 Å². The second-order valence-corrected chi connectivity index (χ2v) is 4.36. The van der Waals surface area contributed by atoms with E-state index < -0.39 is 29.3 Å². The van der Waals surface area contributed by atoms with Crippen molar-refractivity contribution >= 4 is 17.0 Å². The van der Waals surface area contributed by atoms with E-state index in [9.17, 15) is 18.0 Å². The average molecular weight is 314 g/mol. The van der Waals surface area contributed by atoms with Crippen LogP contribution in [0.15, 0.2) is 6.07 Å². The summed E-state index contributed by atoms with van der Waals surface area (Å²) in [6, 6.07) is 0.883. The highest BCUT2D eigenvalue weighted by Crippen LogP contribution is 2.35. The van der Waals surface area contributed by atoms with Crippen molar-refractivity contribution in [3.05, 3.63) is 28.7 Å². The van der Waals surface area contributed by atoms with Gasteiger partial charge in [0, 0.05) is 10.9 Å². The van der Waals surface area contributed by atoms with Crippen molar-refractivity contribution in [1.82, 2.24) is 9.97 Å². The summed E-state index contributed by atoms with van der Waals surface area (Å²) in [5.41, 5.74) is -1.34. The number of aryl methyl sites for hydroxylation is 1. The number of rotatable bonds is 4. The first kappa shape index (κ1) is 16.0. The molecule has 0 saturated heterocycles. The van der Waals surface area contributed by atoms with Gasteiger partial charge in [-0.3, -0.25) is 0 Å². The molecule has 2 heterocycles. The van der Waals surface area contributed by atoms with E-state index in [1.807, 2.05) is 0 Å². The van der Waals surface area contributed by atoms with Crippen LogP contribution in [0.25, 0.3) is 11.0 Å². The first-order valence-corrected chi connectivity index (χ1v) is 6.40. The van der Waals surface area contributed by atoms with Gasteiger partial charge in [0.25, 0.3) is 6.43 Å². The normalized spacial score (nSPS) is 11.0. The lowest BCUT2D eigenvalue weighted by Gasteiger charge is -2.14. The van der Waals surface area contributed by atoms with E-state index in [4.69, 9.17) is 9.47 Å². The molecule has 118 valence electrons. The fourth-order valence-electron chi connectivity index (χ4n) is 2.03. The van der Waals surface area contributed by atoms with Gasteiger partial charge in [-0.2, -0.15) is 4.98 Å². The minimum Gasteiger partial charge on any atom is -0.480 e. The number of ether oxygens (including phenoxy) is 2. The molecule has 0 aliphatic carbocycles. The Hall–Kier alpha value is -2.38. The third-order valence-corrected chi connectivity index (χ3v) is 3.00. The number of hydrogen-bond acceptors (Lipinski definition) is 5. The molecule has 0 saturated carbocycles. The summed E-state index contributed by atoms with van der Waals surface area (Å²) < 4.78 is 50.3. The molecular formula is C14H13F3N2O3. The van der Waals surface area contributed by atoms with Gasteiger partial charge in [-0.15, -0.1) is 0 Å². The molecular weight excluding hydrogens is 301 g/mol. The number of nitrogens with zero attached hydrogens (tertiary/aromatic N) is 2. The van der Waals surface area contributed by atoms with Gasteiger partial charge >= 0.3 is 5.97 Å². The fourth-order valence-corrected chi connectivity index (χ4v) is 2.03. The molecule has 2 rings (SSSR count). The summed E-state index contributed by atoms with van der Waals surface area (Å²) in [6.07, 6.45) is -3.05. The molecule has 22 heavy (non-hydrogen) atoms. The Morgan fingerprint density at radius 2 is 2.05 bits per heavy atom. The molecule has 0 atom stereocenters. The fraction of sp³-hybridized carbons (Fsp3) is 0.357. The van der Waals surface area contributed by atoms with Crippen LogP contribution in [0, 0.1) is 12.7 Å². The Labute approximate surface area is 124 Å². The SMILES string of the molecule is CCOC(=O)c1c(OC)nc2nc(C)c(F)cc2c1C(F)F. The highest BCUT2D eigenvalue weighted by Gasteiger charge is 2.29. The lowest BCUT2D eigenvalue weighted by molar-refractivity contribution is 0.0511. The topological polar surface area (TPSA) is 61.3 Å². The first-order chi connectivity index (χ1) is 10.4. The molecule has 0 unspecified atom stereocenters. The Kier molecular flexibility index (Phi) is 4.48. The molecule has 0 amide bonds. The number of carbonyl (C=O) groups is 1. The van der Waals surface area contributed by atoms with E-state index in [1.54, 1.807) is 0 Å². The average Bonchev–Trinajstić information content (AvgIpc) is 2.46. The Morgan fingerprint density at radius 3 is 2.59 bits per heavy atom. The number of carbonyl (C=O) groups excluding carboxylic acids is 1. The summed E-state index contributed by atoms with van der Waals surface area (Å²) in [5.74, 6) is -2.11. The lowest BCUT2D eigenvalue weighted by Crippen LogP contribution is -2.13. The molecule has 5 nitrogen and oxygen atoms in total. The van der Waals surface area contributed by atoms with Gasteiger partial charge in [0.1, 0.15) is 11.4 Å². The monoisotopic (exact) mass is 314 g/mol. The number of aromatic nitrogens is 2. The van der Waals surface area contributed by atoms with Crippen LogP contribution in [0.2, 0.25) is 0 Å². The molecule has 0 aliphatic rings. The Bertz CT molecular complexity index is 735. The summed E-state index contributed by atoms with van der Waals surface area (Å²) >= 11 is 0. The van der Waals surface area contributed by atoms with Crippen molar-refractivity contribution in [2.45, 2.75) is 20.3 Å². The maximum atomic E-state index is 13.7. The number of fused-ring (bicyclic) bond motifs is 1. The smallest absolute Gasteiger partial charge is 0.344 e. The highest BCUT2D eigenvalue weighted by atomic mass is 19.3. The molecule has 0 aliphatic heterocycles. The van der Waals surface area contributed by atoms with Crippen molar-refractivity contribution in [2.75, 3.05) is 13.7 Å². The van der Waals surface area contributed by atoms with E-state index in [0.717, 1.165) is 6.07 Å². The largest absolute Gasteiger partial charge is 0.480 e. The van der Waals surface area contributed by atoms with Crippen molar-refractivity contribution in [2.24, 2.45) is 0 Å². The van der Waals surface area contributed by atoms with E-state index >= 15 is 0 Å². The second-order valence-electron chi connectivity index (χ2n) is 4.36. The first-order valence-electron chi connectivity index (χ1n) is 6.40. The maximum Gasteiger partial charge on any atom is 0.344 e. The molecule has 0 radical (unpaired) electrons. The van der Waals surface area contributed by atoms with Gasteiger partial charge < -0.3 is 9.47 Å². The van der Waals surface area contributed by atoms with Crippen LogP contribution in [0.5, 0.6) is 5.88 Å². The number of methoxy groups -OCH3 is 1. The summed E-state index contributed by atoms with van der Waals surface area (Å²) in [7, 11) is 1.18. The van der Waals surface area contributed by atoms with Crippen LogP contribution < -0.4 is 4.74 Å². The van der Waals surface area contributed by atoms with Crippen molar-refractivity contribution in [3.8, 4) is 5.88 Å². The molecule has 0 fully saturated rings. The molecule has 2 aromatic heterocycles. The predicted octanol–water partition coefficient (Wildman–Crippen LogP) is 3.20. The van der Waals surface area contributed by atoms with Crippen molar-refractivity contribution in [1.29, 1.82) is 0 Å². The number of hydrogen-bond donors (Lipinski definition) is 0. The predicted molar refractivity (Wildman–Crippen MR) is 71.7 cm³/mol. The summed E-state index contributed by atoms with van der Waals surface area (Å²) in [6.45, 7) is 2.90. The number of esters is 1. The van der Waals surface area contributed by atoms with E-state index in [-0.39, 0.29) is 29.2 Å². The minimum atomic E-state index is -3.05. The quantitative estimate of drug-likeness (QED) is 0.811. The zero-order chi connectivity index (χ0) is 16.4. The molecule has 0 bridgehead atoms. The zero-order valence-electron chi connectivity index (χ0n) is 12.1. The van der Waals surface area contributed by atoms with Gasteiger partial charge in [0.15, 0.2) is 5.65 Å². The summed E-state index contributed by atoms with van der Waals surface area (Å²) in [5, 5.41) is -0.248. The number of pyridine rings is 2. The van der Waals surface area contributed by atoms with Crippen LogP contribution in [-0.2, 0) is 4.74 Å². The molecule has 0 aromatic carbocycles. The van der Waals surface area contributed by atoms with Crippen LogP contribution in [-0.4, -0.2) is 29.7 Å². The Morgan fingerprint density at radius 1 is 1.36 bits per heavy atom. The lowest BCUT2D eigenvalue weighted by atomic mass is 10.0. The van der Waals surface area contributed by atoms with Crippen LogP contribution >= 0.6 is 0 Å². The molecule has 0 spiro atoms. The maximum absolute atomic E-state index is 13.7. The molecule has 2 aromatic rings. The van der Waals surface area contributed by atoms with Gasteiger partial charge in [-0.1, -0.05) is 0 Å². The van der Waals surface area contributed by atoms with E-state index in [1.165, 1.54) is 21.0 Å². The number of halogens is 3. The highest BCUT2D eigenvalue weighted by molar-refractivity contribution is 5.99. The molecule has 0 N–H and O–H groups in total. The van der Waals surface area contributed by atoms with Crippen LogP contribution in [0.3, 0.4) is 0 Å². The summed E-state index contributed by atoms with van der Waals surface area (Å²) in [4.78, 5) is 19.7. The second kappa shape index (κ2) is 6.17. The minimum absolute atomic E-state index is 0.00570. The van der Waals surface area contributed by atoms with E-state index in [2.05, 4.69) is 9.97 Å². The van der Waals surface area contributed by atoms with Gasteiger partial charge in [-0.25, -0.2) is 22.9 Å². The standard InChI is InChI=1S/C14H13F3N2O3/c1-4-22-14(20)10-9(11(16)17)7-5-8(15)6(2)18-12(7)19-13(10)21-3/h5,11H,4H2,1-3H3. The van der Waals surface area contributed by atoms with Crippen molar-refractivity contribution in [3.63, 3.8) is 0 Å². The third kappa shape index (κ3) is 2.68. The van der Waals surface area contributed by atoms with Crippen LogP contribution in [0.4, 0.5) is 13.2 Å². The zero-order valence-corrected chi connectivity index (χ0v) is 12.1. The van der Waals surface area contributed by atoms with Gasteiger partial charge in [-0.05, 0) is 19.9 Å². The third-order valence-electron chi connectivity index (χ3n) is 3.00. The van der Waals surface area contributed by atoms with Crippen molar-refractivity contribution < 1.29 is 27.4 Å². The van der Waals surface area contributed by atoms with Gasteiger partial charge in [0.05, 0.1) is 19.4 Å². The number of alkyl halides is 2. The van der Waals surface area contributed by atoms with E-state index in [0.29, 0.717) is 0 Å². The molecule has 8 heteroatoms. The Balaban J connectivity index is 2.89.